The second kappa shape index (κ2) is 54.5. The Kier molecular flexibility index (Phi) is 45.5. The third kappa shape index (κ3) is 30.0. The van der Waals surface area contributed by atoms with Crippen LogP contribution in [0.3, 0.4) is 0 Å². The molecule has 3 radical (unpaired) electrons. The van der Waals surface area contributed by atoms with Crippen molar-refractivity contribution in [1.29, 1.82) is 0 Å². The van der Waals surface area contributed by atoms with Crippen molar-refractivity contribution in [3.63, 3.8) is 0 Å². The van der Waals surface area contributed by atoms with Gasteiger partial charge in [0.1, 0.15) is 34.0 Å². The van der Waals surface area contributed by atoms with Gasteiger partial charge in [-0.3, -0.25) is 14.4 Å². The van der Waals surface area contributed by atoms with E-state index in [4.69, 9.17) is 18.2 Å². The molecule has 0 saturated heterocycles. The van der Waals surface area contributed by atoms with Gasteiger partial charge >= 0.3 is 0 Å². The van der Waals surface area contributed by atoms with Crippen molar-refractivity contribution in [2.75, 3.05) is 0 Å². The van der Waals surface area contributed by atoms with Crippen LogP contribution in [0.15, 0.2) is 261 Å². The van der Waals surface area contributed by atoms with E-state index in [9.17, 15) is 29.7 Å². The Balaban J connectivity index is 0.000000250. The molecule has 0 aliphatic carbocycles. The molecule has 0 unspecified atom stereocenters. The first-order chi connectivity index (χ1) is 62.1. The number of benzene rings is 8. The van der Waals surface area contributed by atoms with E-state index in [0.717, 1.165) is 211 Å². The fraction of sp³-hybridized carbons (Fsp3) is 0.333. The number of carbonyl (C=O) groups excluding carboxylic acids is 3. The van der Waals surface area contributed by atoms with E-state index in [0.29, 0.717) is 0 Å². The van der Waals surface area contributed by atoms with Gasteiger partial charge < -0.3 is 43.5 Å². The number of aryl methyl sites for hydroxylation is 9. The number of rotatable bonds is 29. The standard InChI is InChI=1S/C29H24NO.C27H20NO.C22H18NO.3C13H24O2.3Ir/c1-18-12-19(2)14-24(13-18)26-16-28-25(17-30-26)15-27(31-28)22-8-10-23(11-9-22)29-20(3)6-5-7-21(29)4;1-18-13-19(2)15-22(14-18)24-16-25-23(17-28-24)26(20-9-5-3-6-10-20)27(29-25)21-11-7-4-8-12-21;1-14-9-15(2)11-18(10-14)20-12-21-19(13-23-20)16(3)22(24-21)17-7-5-4-6-8-17;3*1-5-10(6-2)12(14)9-13(15)11(7-3)8-4;;;/h5-13,15-17H,1-4H3;3-14,16-17H,1-2H3;4-10,12-13H,1-3H3;3*9-11,14H,5-8H2,1-4H3;;;/q3*-1;;;;;;. The number of allylic oxidation sites excluding steroid dienone is 6. The molecule has 14 aromatic rings. The fourth-order valence-electron chi connectivity index (χ4n) is 16.7. The Bertz CT molecular complexity index is 5900. The van der Waals surface area contributed by atoms with Crippen molar-refractivity contribution in [1.82, 2.24) is 15.0 Å². The molecule has 0 bridgehead atoms. The molecule has 0 saturated carbocycles. The van der Waals surface area contributed by atoms with Crippen LogP contribution in [-0.2, 0) is 74.7 Å². The fourth-order valence-corrected chi connectivity index (χ4v) is 16.7. The number of furan rings is 3. The molecule has 701 valence electrons. The second-order valence-electron chi connectivity index (χ2n) is 33.9. The van der Waals surface area contributed by atoms with E-state index in [1.165, 1.54) is 57.2 Å². The van der Waals surface area contributed by atoms with Crippen molar-refractivity contribution >= 4 is 50.3 Å². The van der Waals surface area contributed by atoms with Crippen LogP contribution >= 0.6 is 0 Å². The summed E-state index contributed by atoms with van der Waals surface area (Å²) in [4.78, 5) is 49.2. The Morgan fingerprint density at radius 1 is 0.318 bits per heavy atom. The summed E-state index contributed by atoms with van der Waals surface area (Å²) in [6, 6.07) is 76.8. The monoisotopic (exact) mass is 2300 g/mol. The molecule has 12 nitrogen and oxygen atoms in total. The quantitative estimate of drug-likeness (QED) is 0.0229. The van der Waals surface area contributed by atoms with E-state index in [1.807, 2.05) is 162 Å². The molecule has 0 atom stereocenters. The SMILES string of the molecule is CCC(CC)C(=O)C=C(O)C(CC)CC.CCC(CC)C(=O)C=C(O)C(CC)CC.CCC(CC)C(=O)C=C(O)C(CC)CC.Cc1[c-]c(-c2cc3oc(-c4ccc(-c5c(C)cccc5C)cc4)cc3cn2)cc(C)c1.Cc1[c-]c(-c2cc3oc(-c4ccccc4)c(-c4ccccc4)c3cn2)cc(C)c1.Cc1[c-]c(-c2cc3oc(-c4ccccc4)c(C)c3cn2)cc(C)c1.[Ir].[Ir].[Ir]. The zero-order valence-corrected chi connectivity index (χ0v) is 88.2. The molecule has 0 spiro atoms. The van der Waals surface area contributed by atoms with E-state index in [2.05, 4.69) is 224 Å². The molecule has 3 N–H and O–H groups in total. The molecule has 0 aliphatic heterocycles. The summed E-state index contributed by atoms with van der Waals surface area (Å²) in [5, 5.41) is 32.4. The number of ketones is 3. The van der Waals surface area contributed by atoms with Gasteiger partial charge in [-0.2, -0.15) is 0 Å². The van der Waals surface area contributed by atoms with Gasteiger partial charge in [-0.25, -0.2) is 0 Å². The summed E-state index contributed by atoms with van der Waals surface area (Å²) < 4.78 is 18.8. The molecule has 0 aliphatic rings. The van der Waals surface area contributed by atoms with Gasteiger partial charge in [0.15, 0.2) is 17.3 Å². The zero-order chi connectivity index (χ0) is 93.5. The van der Waals surface area contributed by atoms with Crippen LogP contribution in [0.4, 0.5) is 0 Å². The first kappa shape index (κ1) is 110. The van der Waals surface area contributed by atoms with Crippen LogP contribution in [0, 0.1) is 116 Å². The Hall–Kier alpha value is -10.6. The Morgan fingerprint density at radius 2 is 0.629 bits per heavy atom. The topological polar surface area (TPSA) is 190 Å². The zero-order valence-electron chi connectivity index (χ0n) is 81.0. The predicted octanol–water partition coefficient (Wildman–Crippen LogP) is 32.6. The van der Waals surface area contributed by atoms with Gasteiger partial charge in [-0.15, -0.1) is 105 Å². The number of aliphatic hydroxyl groups excluding tert-OH is 3. The van der Waals surface area contributed by atoms with Crippen molar-refractivity contribution < 1.29 is 103 Å². The second-order valence-corrected chi connectivity index (χ2v) is 33.9. The third-order valence-electron chi connectivity index (χ3n) is 24.4. The summed E-state index contributed by atoms with van der Waals surface area (Å²) in [5.41, 5.74) is 26.8. The van der Waals surface area contributed by atoms with Gasteiger partial charge in [-0.1, -0.05) is 258 Å². The van der Waals surface area contributed by atoms with Crippen molar-refractivity contribution in [3.8, 4) is 90.0 Å². The molecule has 6 aromatic heterocycles. The molecule has 0 fully saturated rings. The molecule has 8 aromatic carbocycles. The molecular formula is C117H134Ir3N3O9-3. The molecule has 6 heterocycles. The number of aromatic nitrogens is 3. The van der Waals surface area contributed by atoms with E-state index < -0.39 is 0 Å². The summed E-state index contributed by atoms with van der Waals surface area (Å²) in [5.74, 6) is 4.28. The number of pyridine rings is 3. The van der Waals surface area contributed by atoms with Crippen LogP contribution in [0.2, 0.25) is 0 Å². The first-order valence-corrected chi connectivity index (χ1v) is 46.5. The Morgan fingerprint density at radius 3 is 0.992 bits per heavy atom. The molecular weight excluding hydrogens is 2170 g/mol. The number of carbonyl (C=O) groups is 3. The first-order valence-electron chi connectivity index (χ1n) is 46.5. The Labute approximate surface area is 826 Å². The van der Waals surface area contributed by atoms with Crippen LogP contribution in [0.1, 0.15) is 210 Å². The van der Waals surface area contributed by atoms with Crippen molar-refractivity contribution in [2.45, 2.75) is 222 Å². The van der Waals surface area contributed by atoms with Gasteiger partial charge in [0.05, 0.1) is 17.3 Å². The van der Waals surface area contributed by atoms with Crippen molar-refractivity contribution in [2.24, 2.45) is 35.5 Å². The minimum Gasteiger partial charge on any atom is -0.512 e. The number of hydrogen-bond donors (Lipinski definition) is 3. The number of nitrogens with zero attached hydrogens (tertiary/aromatic N) is 3. The van der Waals surface area contributed by atoms with Gasteiger partial charge in [-0.05, 0) is 167 Å². The maximum absolute atomic E-state index is 11.7. The average molecular weight is 2300 g/mol. The molecule has 14 rings (SSSR count). The van der Waals surface area contributed by atoms with Crippen LogP contribution < -0.4 is 0 Å². The summed E-state index contributed by atoms with van der Waals surface area (Å²) in [7, 11) is 0. The number of aliphatic hydroxyl groups is 3. The summed E-state index contributed by atoms with van der Waals surface area (Å²) in [6.07, 6.45) is 20.4. The van der Waals surface area contributed by atoms with Crippen molar-refractivity contribution in [3.05, 3.63) is 316 Å². The maximum Gasteiger partial charge on any atom is 0.162 e. The normalized spacial score (nSPS) is 11.4. The minimum absolute atomic E-state index is 0. The molecule has 15 heteroatoms. The van der Waals surface area contributed by atoms with E-state index >= 15 is 0 Å². The number of hydrogen-bond acceptors (Lipinski definition) is 12. The largest absolute Gasteiger partial charge is 0.512 e. The van der Waals surface area contributed by atoms with Crippen LogP contribution in [0.5, 0.6) is 0 Å². The molecule has 0 amide bonds. The minimum atomic E-state index is 0. The van der Waals surface area contributed by atoms with Gasteiger partial charge in [0, 0.05) is 177 Å². The van der Waals surface area contributed by atoms with E-state index in [-0.39, 0.29) is 130 Å². The smallest absolute Gasteiger partial charge is 0.162 e. The summed E-state index contributed by atoms with van der Waals surface area (Å²) in [6.45, 7) is 43.1. The van der Waals surface area contributed by atoms with E-state index in [1.54, 1.807) is 0 Å². The maximum atomic E-state index is 11.7. The third-order valence-corrected chi connectivity index (χ3v) is 24.4. The van der Waals surface area contributed by atoms with Crippen LogP contribution in [-0.4, -0.2) is 47.6 Å². The predicted molar refractivity (Wildman–Crippen MR) is 536 cm³/mol. The number of fused-ring (bicyclic) bond motifs is 3. The molecule has 132 heavy (non-hydrogen) atoms. The van der Waals surface area contributed by atoms with Gasteiger partial charge in [0.2, 0.25) is 0 Å². The van der Waals surface area contributed by atoms with Gasteiger partial charge in [0.25, 0.3) is 0 Å². The average Bonchev–Trinajstić information content (AvgIpc) is 1.62. The summed E-state index contributed by atoms with van der Waals surface area (Å²) >= 11 is 0. The van der Waals surface area contributed by atoms with Crippen LogP contribution in [0.25, 0.3) is 123 Å².